The molecular formula is C23H20ClN7O. The molecule has 1 aromatic carbocycles. The maximum Gasteiger partial charge on any atom is 0.192 e. The van der Waals surface area contributed by atoms with E-state index in [4.69, 9.17) is 16.4 Å². The van der Waals surface area contributed by atoms with Gasteiger partial charge in [-0.2, -0.15) is 0 Å². The molecule has 0 atom stereocenters. The zero-order valence-electron chi connectivity index (χ0n) is 17.8. The molecule has 0 spiro atoms. The van der Waals surface area contributed by atoms with Crippen LogP contribution in [0.15, 0.2) is 54.1 Å². The van der Waals surface area contributed by atoms with E-state index in [2.05, 4.69) is 43.6 Å². The number of rotatable bonds is 5. The number of aryl methyl sites for hydroxylation is 2. The molecule has 5 aromatic rings. The standard InChI is InChI=1S/C23H20ClN7O/c1-14-8-9-25-20(10-14)31-16(3)15(2)21-22(31)26-13-30-23(21)28-19(29-30)12-32-27-11-17-4-6-18(24)7-5-17/h4-11,13H,12H2,1-3H3. The Balaban J connectivity index is 1.47. The number of halogens is 1. The lowest BCUT2D eigenvalue weighted by molar-refractivity contribution is 0.126. The Morgan fingerprint density at radius 1 is 1.06 bits per heavy atom. The first kappa shape index (κ1) is 20.1. The minimum Gasteiger partial charge on any atom is -0.387 e. The third-order valence-corrected chi connectivity index (χ3v) is 5.60. The highest BCUT2D eigenvalue weighted by Gasteiger charge is 2.19. The topological polar surface area (TPSA) is 82.5 Å². The van der Waals surface area contributed by atoms with Crippen molar-refractivity contribution in [1.82, 2.24) is 29.1 Å². The number of nitrogens with zero attached hydrogens (tertiary/aromatic N) is 7. The number of pyridine rings is 1. The lowest BCUT2D eigenvalue weighted by atomic mass is 10.2. The lowest BCUT2D eigenvalue weighted by Gasteiger charge is -2.07. The minimum absolute atomic E-state index is 0.144. The van der Waals surface area contributed by atoms with Crippen molar-refractivity contribution in [1.29, 1.82) is 0 Å². The Bertz CT molecular complexity index is 1470. The predicted octanol–water partition coefficient (Wildman–Crippen LogP) is 4.59. The van der Waals surface area contributed by atoms with E-state index in [0.29, 0.717) is 10.8 Å². The molecule has 4 aromatic heterocycles. The maximum atomic E-state index is 5.89. The van der Waals surface area contributed by atoms with Crippen LogP contribution in [0.3, 0.4) is 0 Å². The summed E-state index contributed by atoms with van der Waals surface area (Å²) in [6.45, 7) is 6.31. The van der Waals surface area contributed by atoms with Gasteiger partial charge in [0, 0.05) is 16.9 Å². The van der Waals surface area contributed by atoms with Crippen LogP contribution in [-0.2, 0) is 11.4 Å². The fourth-order valence-corrected chi connectivity index (χ4v) is 3.76. The van der Waals surface area contributed by atoms with E-state index >= 15 is 0 Å². The number of hydrogen-bond acceptors (Lipinski definition) is 6. The van der Waals surface area contributed by atoms with Crippen molar-refractivity contribution < 1.29 is 4.84 Å². The second-order valence-corrected chi connectivity index (χ2v) is 7.97. The van der Waals surface area contributed by atoms with Crippen molar-refractivity contribution in [2.24, 2.45) is 5.16 Å². The summed E-state index contributed by atoms with van der Waals surface area (Å²) in [6, 6.07) is 11.3. The highest BCUT2D eigenvalue weighted by Crippen LogP contribution is 2.29. The van der Waals surface area contributed by atoms with E-state index in [9.17, 15) is 0 Å². The van der Waals surface area contributed by atoms with Crippen molar-refractivity contribution in [2.45, 2.75) is 27.4 Å². The summed E-state index contributed by atoms with van der Waals surface area (Å²) in [5, 5.41) is 10.1. The molecule has 0 N–H and O–H groups in total. The van der Waals surface area contributed by atoms with Crippen LogP contribution >= 0.6 is 11.6 Å². The summed E-state index contributed by atoms with van der Waals surface area (Å²) in [6.07, 6.45) is 5.09. The monoisotopic (exact) mass is 445 g/mol. The molecule has 0 fully saturated rings. The molecule has 0 saturated carbocycles. The van der Waals surface area contributed by atoms with Crippen molar-refractivity contribution in [2.75, 3.05) is 0 Å². The molecule has 0 aliphatic carbocycles. The van der Waals surface area contributed by atoms with Crippen LogP contribution in [0.5, 0.6) is 0 Å². The van der Waals surface area contributed by atoms with Crippen molar-refractivity contribution in [3.63, 3.8) is 0 Å². The van der Waals surface area contributed by atoms with Gasteiger partial charge in [-0.05, 0) is 61.7 Å². The SMILES string of the molecule is Cc1ccnc(-n2c(C)c(C)c3c2ncn2nc(CON=Cc4ccc(Cl)cc4)nc32)c1. The van der Waals surface area contributed by atoms with E-state index in [1.54, 1.807) is 35.4 Å². The van der Waals surface area contributed by atoms with Crippen LogP contribution in [-0.4, -0.2) is 35.3 Å². The number of fused-ring (bicyclic) bond motifs is 3. The van der Waals surface area contributed by atoms with Gasteiger partial charge in [0.15, 0.2) is 23.7 Å². The van der Waals surface area contributed by atoms with Gasteiger partial charge in [-0.3, -0.25) is 4.57 Å². The van der Waals surface area contributed by atoms with E-state index in [-0.39, 0.29) is 6.61 Å². The largest absolute Gasteiger partial charge is 0.387 e. The maximum absolute atomic E-state index is 5.89. The fraction of sp³-hybridized carbons (Fsp3) is 0.174. The normalized spacial score (nSPS) is 11.8. The molecule has 8 nitrogen and oxygen atoms in total. The molecule has 0 aliphatic heterocycles. The van der Waals surface area contributed by atoms with Gasteiger partial charge in [0.2, 0.25) is 0 Å². The van der Waals surface area contributed by atoms with Crippen LogP contribution in [0.1, 0.15) is 28.2 Å². The summed E-state index contributed by atoms with van der Waals surface area (Å²) in [4.78, 5) is 19.3. The molecule has 160 valence electrons. The van der Waals surface area contributed by atoms with Crippen LogP contribution in [0.25, 0.3) is 22.5 Å². The Morgan fingerprint density at radius 3 is 2.66 bits per heavy atom. The fourth-order valence-electron chi connectivity index (χ4n) is 3.63. The van der Waals surface area contributed by atoms with Gasteiger partial charge in [-0.1, -0.05) is 28.9 Å². The zero-order chi connectivity index (χ0) is 22.2. The highest BCUT2D eigenvalue weighted by molar-refractivity contribution is 6.30. The molecule has 32 heavy (non-hydrogen) atoms. The molecule has 0 aliphatic rings. The molecule has 0 amide bonds. The van der Waals surface area contributed by atoms with Crippen molar-refractivity contribution >= 4 is 34.5 Å². The smallest absolute Gasteiger partial charge is 0.192 e. The Morgan fingerprint density at radius 2 is 1.88 bits per heavy atom. The summed E-state index contributed by atoms with van der Waals surface area (Å²) in [5.41, 5.74) is 5.69. The van der Waals surface area contributed by atoms with E-state index in [0.717, 1.165) is 44.9 Å². The lowest BCUT2D eigenvalue weighted by Crippen LogP contribution is -2.01. The van der Waals surface area contributed by atoms with Gasteiger partial charge in [0.1, 0.15) is 12.1 Å². The van der Waals surface area contributed by atoms with Gasteiger partial charge in [0.05, 0.1) is 11.6 Å². The van der Waals surface area contributed by atoms with Gasteiger partial charge in [0.25, 0.3) is 0 Å². The van der Waals surface area contributed by atoms with Crippen LogP contribution in [0, 0.1) is 20.8 Å². The van der Waals surface area contributed by atoms with Crippen LogP contribution in [0.4, 0.5) is 0 Å². The molecule has 9 heteroatoms. The summed E-state index contributed by atoms with van der Waals surface area (Å²) >= 11 is 5.89. The average molecular weight is 446 g/mol. The van der Waals surface area contributed by atoms with Gasteiger partial charge in [-0.25, -0.2) is 19.5 Å². The second-order valence-electron chi connectivity index (χ2n) is 7.54. The third kappa shape index (κ3) is 3.58. The molecule has 5 rings (SSSR count). The molecule has 0 unspecified atom stereocenters. The first-order valence-electron chi connectivity index (χ1n) is 10.1. The number of aromatic nitrogens is 6. The average Bonchev–Trinajstić information content (AvgIpc) is 3.31. The van der Waals surface area contributed by atoms with Crippen molar-refractivity contribution in [3.8, 4) is 5.82 Å². The second kappa shape index (κ2) is 8.05. The van der Waals surface area contributed by atoms with E-state index in [1.807, 2.05) is 31.2 Å². The molecule has 4 heterocycles. The van der Waals surface area contributed by atoms with Gasteiger partial charge >= 0.3 is 0 Å². The molecule has 0 saturated heterocycles. The zero-order valence-corrected chi connectivity index (χ0v) is 18.6. The first-order valence-corrected chi connectivity index (χ1v) is 10.4. The number of oxime groups is 1. The van der Waals surface area contributed by atoms with Gasteiger partial charge in [-0.15, -0.1) is 5.10 Å². The summed E-state index contributed by atoms with van der Waals surface area (Å²) in [7, 11) is 0. The predicted molar refractivity (Wildman–Crippen MR) is 123 cm³/mol. The van der Waals surface area contributed by atoms with Crippen LogP contribution in [0.2, 0.25) is 5.02 Å². The Labute approximate surface area is 189 Å². The van der Waals surface area contributed by atoms with Gasteiger partial charge < -0.3 is 4.84 Å². The molecule has 0 radical (unpaired) electrons. The molecule has 0 bridgehead atoms. The van der Waals surface area contributed by atoms with E-state index in [1.165, 1.54) is 0 Å². The molecular weight excluding hydrogens is 426 g/mol. The summed E-state index contributed by atoms with van der Waals surface area (Å²) in [5.74, 6) is 1.35. The third-order valence-electron chi connectivity index (χ3n) is 5.35. The van der Waals surface area contributed by atoms with Crippen LogP contribution < -0.4 is 0 Å². The Kier molecular flexibility index (Phi) is 5.07. The number of hydrogen-bond donors (Lipinski definition) is 0. The van der Waals surface area contributed by atoms with Crippen molar-refractivity contribution in [3.05, 3.63) is 82.2 Å². The Hall–Kier alpha value is -3.78. The van der Waals surface area contributed by atoms with E-state index < -0.39 is 0 Å². The minimum atomic E-state index is 0.144. The first-order chi connectivity index (χ1) is 15.5. The number of benzene rings is 1. The highest BCUT2D eigenvalue weighted by atomic mass is 35.5. The quantitative estimate of drug-likeness (QED) is 0.292. The summed E-state index contributed by atoms with van der Waals surface area (Å²) < 4.78 is 3.73.